The summed E-state index contributed by atoms with van der Waals surface area (Å²) in [5.41, 5.74) is 6.37. The lowest BCUT2D eigenvalue weighted by Gasteiger charge is -2.13. The van der Waals surface area contributed by atoms with E-state index in [9.17, 15) is 0 Å². The summed E-state index contributed by atoms with van der Waals surface area (Å²) in [6.45, 7) is 1.45. The van der Waals surface area contributed by atoms with E-state index in [1.807, 2.05) is 0 Å². The van der Waals surface area contributed by atoms with Gasteiger partial charge in [-0.05, 0) is 31.0 Å². The van der Waals surface area contributed by atoms with Gasteiger partial charge in [-0.25, -0.2) is 0 Å². The third-order valence-corrected chi connectivity index (χ3v) is 3.39. The van der Waals surface area contributed by atoms with E-state index < -0.39 is 0 Å². The van der Waals surface area contributed by atoms with Crippen LogP contribution >= 0.6 is 23.8 Å². The van der Waals surface area contributed by atoms with Crippen molar-refractivity contribution < 1.29 is 9.47 Å². The minimum absolute atomic E-state index is 0.317. The zero-order valence-corrected chi connectivity index (χ0v) is 11.6. The summed E-state index contributed by atoms with van der Waals surface area (Å²) in [6, 6.07) is 5.28. The van der Waals surface area contributed by atoms with Crippen LogP contribution in [0.3, 0.4) is 0 Å². The van der Waals surface area contributed by atoms with E-state index in [2.05, 4.69) is 0 Å². The Morgan fingerprint density at radius 3 is 3.06 bits per heavy atom. The number of rotatable bonds is 5. The van der Waals surface area contributed by atoms with Crippen molar-refractivity contribution in [2.24, 2.45) is 5.73 Å². The zero-order chi connectivity index (χ0) is 13.0. The van der Waals surface area contributed by atoms with Gasteiger partial charge in [0, 0.05) is 18.1 Å². The van der Waals surface area contributed by atoms with Gasteiger partial charge in [-0.2, -0.15) is 0 Å². The van der Waals surface area contributed by atoms with Crippen LogP contribution in [0.4, 0.5) is 0 Å². The Kier molecular flexibility index (Phi) is 4.80. The molecule has 98 valence electrons. The predicted molar refractivity (Wildman–Crippen MR) is 76.4 cm³/mol. The van der Waals surface area contributed by atoms with Crippen LogP contribution < -0.4 is 10.5 Å². The number of benzene rings is 1. The molecule has 18 heavy (non-hydrogen) atoms. The maximum atomic E-state index is 5.94. The zero-order valence-electron chi connectivity index (χ0n) is 10.0. The van der Waals surface area contributed by atoms with Crippen molar-refractivity contribution in [1.82, 2.24) is 0 Å². The predicted octanol–water partition coefficient (Wildman–Crippen LogP) is 2.92. The lowest BCUT2D eigenvalue weighted by molar-refractivity contribution is 0.0903. The Balaban J connectivity index is 1.94. The fraction of sp³-hybridized carbons (Fsp3) is 0.462. The largest absolute Gasteiger partial charge is 0.493 e. The molecule has 0 amide bonds. The van der Waals surface area contributed by atoms with Crippen LogP contribution in [0, 0.1) is 0 Å². The molecule has 0 saturated carbocycles. The molecule has 2 rings (SSSR count). The summed E-state index contributed by atoms with van der Waals surface area (Å²) in [5, 5.41) is 0.613. The van der Waals surface area contributed by atoms with Crippen LogP contribution in [-0.2, 0) is 4.74 Å². The Morgan fingerprint density at radius 2 is 2.39 bits per heavy atom. The van der Waals surface area contributed by atoms with E-state index in [4.69, 9.17) is 39.0 Å². The summed E-state index contributed by atoms with van der Waals surface area (Å²) < 4.78 is 11.2. The van der Waals surface area contributed by atoms with Crippen LogP contribution in [0.5, 0.6) is 5.75 Å². The highest BCUT2D eigenvalue weighted by atomic mass is 35.5. The van der Waals surface area contributed by atoms with Crippen LogP contribution in [0.2, 0.25) is 5.02 Å². The summed E-state index contributed by atoms with van der Waals surface area (Å²) in [5.74, 6) is 0.646. The molecule has 1 atom stereocenters. The van der Waals surface area contributed by atoms with Gasteiger partial charge in [0.15, 0.2) is 0 Å². The standard InChI is InChI=1S/C13H16ClNO2S/c14-9-3-4-11(13(15)18)12(8-9)17-7-5-10-2-1-6-16-10/h3-4,8,10H,1-2,5-7H2,(H2,15,18). The van der Waals surface area contributed by atoms with Crippen LogP contribution in [0.25, 0.3) is 0 Å². The topological polar surface area (TPSA) is 44.5 Å². The minimum atomic E-state index is 0.317. The number of hydrogen-bond donors (Lipinski definition) is 1. The Morgan fingerprint density at radius 1 is 1.56 bits per heavy atom. The molecule has 3 nitrogen and oxygen atoms in total. The highest BCUT2D eigenvalue weighted by molar-refractivity contribution is 7.80. The van der Waals surface area contributed by atoms with Gasteiger partial charge in [-0.15, -0.1) is 0 Å². The molecule has 0 spiro atoms. The fourth-order valence-electron chi connectivity index (χ4n) is 1.99. The van der Waals surface area contributed by atoms with Gasteiger partial charge in [0.25, 0.3) is 0 Å². The molecule has 0 radical (unpaired) electrons. The van der Waals surface area contributed by atoms with E-state index >= 15 is 0 Å². The van der Waals surface area contributed by atoms with Gasteiger partial charge in [-0.3, -0.25) is 0 Å². The molecule has 0 aliphatic carbocycles. The average molecular weight is 286 g/mol. The van der Waals surface area contributed by atoms with Gasteiger partial charge in [-0.1, -0.05) is 23.8 Å². The van der Waals surface area contributed by atoms with E-state index in [1.165, 1.54) is 0 Å². The Labute approximate surface area is 117 Å². The second-order valence-electron chi connectivity index (χ2n) is 4.28. The van der Waals surface area contributed by atoms with E-state index in [0.717, 1.165) is 31.4 Å². The normalized spacial score (nSPS) is 18.8. The van der Waals surface area contributed by atoms with Crippen molar-refractivity contribution in [3.05, 3.63) is 28.8 Å². The first-order chi connectivity index (χ1) is 8.66. The Bertz CT molecular complexity index is 433. The molecule has 0 aromatic heterocycles. The molecule has 2 N–H and O–H groups in total. The summed E-state index contributed by atoms with van der Waals surface area (Å²) >= 11 is 10.9. The van der Waals surface area contributed by atoms with E-state index in [1.54, 1.807) is 18.2 Å². The third kappa shape index (κ3) is 3.57. The first-order valence-corrected chi connectivity index (χ1v) is 6.79. The summed E-state index contributed by atoms with van der Waals surface area (Å²) in [7, 11) is 0. The first kappa shape index (κ1) is 13.6. The quantitative estimate of drug-likeness (QED) is 0.845. The van der Waals surface area contributed by atoms with Crippen molar-refractivity contribution in [2.75, 3.05) is 13.2 Å². The van der Waals surface area contributed by atoms with Crippen molar-refractivity contribution in [3.63, 3.8) is 0 Å². The molecule has 1 fully saturated rings. The third-order valence-electron chi connectivity index (χ3n) is 2.93. The van der Waals surface area contributed by atoms with Gasteiger partial charge in [0.2, 0.25) is 0 Å². The molecule has 1 heterocycles. The van der Waals surface area contributed by atoms with Gasteiger partial charge in [0.1, 0.15) is 10.7 Å². The van der Waals surface area contributed by atoms with Crippen molar-refractivity contribution in [1.29, 1.82) is 0 Å². The van der Waals surface area contributed by atoms with Gasteiger partial charge in [0.05, 0.1) is 18.3 Å². The summed E-state index contributed by atoms with van der Waals surface area (Å²) in [6.07, 6.45) is 3.45. The number of ether oxygens (including phenoxy) is 2. The second kappa shape index (κ2) is 6.36. The number of hydrogen-bond acceptors (Lipinski definition) is 3. The molecule has 1 aromatic rings. The average Bonchev–Trinajstić information content (AvgIpc) is 2.82. The number of halogens is 1. The molecule has 5 heteroatoms. The molecule has 1 aliphatic heterocycles. The number of thiocarbonyl (C=S) groups is 1. The molecule has 0 bridgehead atoms. The van der Waals surface area contributed by atoms with Crippen molar-refractivity contribution in [2.45, 2.75) is 25.4 Å². The smallest absolute Gasteiger partial charge is 0.130 e. The fourth-order valence-corrected chi connectivity index (χ4v) is 2.32. The van der Waals surface area contributed by atoms with Crippen LogP contribution in [0.1, 0.15) is 24.8 Å². The SMILES string of the molecule is NC(=S)c1ccc(Cl)cc1OCCC1CCCO1. The monoisotopic (exact) mass is 285 g/mol. The van der Waals surface area contributed by atoms with E-state index in [0.29, 0.717) is 28.5 Å². The highest BCUT2D eigenvalue weighted by Gasteiger charge is 2.15. The maximum Gasteiger partial charge on any atom is 0.130 e. The minimum Gasteiger partial charge on any atom is -0.493 e. The second-order valence-corrected chi connectivity index (χ2v) is 5.15. The molecular weight excluding hydrogens is 270 g/mol. The molecule has 1 saturated heterocycles. The first-order valence-electron chi connectivity index (χ1n) is 6.00. The lowest BCUT2D eigenvalue weighted by atomic mass is 10.2. The summed E-state index contributed by atoms with van der Waals surface area (Å²) in [4.78, 5) is 0.318. The maximum absolute atomic E-state index is 5.94. The van der Waals surface area contributed by atoms with Crippen molar-refractivity contribution >= 4 is 28.8 Å². The Hall–Kier alpha value is -0.840. The highest BCUT2D eigenvalue weighted by Crippen LogP contribution is 2.24. The number of nitrogens with two attached hydrogens (primary N) is 1. The molecular formula is C13H16ClNO2S. The van der Waals surface area contributed by atoms with Crippen LogP contribution in [-0.4, -0.2) is 24.3 Å². The van der Waals surface area contributed by atoms with Crippen molar-refractivity contribution in [3.8, 4) is 5.75 Å². The molecule has 1 unspecified atom stereocenters. The lowest BCUT2D eigenvalue weighted by Crippen LogP contribution is -2.14. The van der Waals surface area contributed by atoms with Gasteiger partial charge >= 0.3 is 0 Å². The molecule has 1 aliphatic rings. The van der Waals surface area contributed by atoms with Crippen LogP contribution in [0.15, 0.2) is 18.2 Å². The van der Waals surface area contributed by atoms with Gasteiger partial charge < -0.3 is 15.2 Å². The van der Waals surface area contributed by atoms with E-state index in [-0.39, 0.29) is 0 Å². The molecule has 1 aromatic carbocycles.